The van der Waals surface area contributed by atoms with Crippen LogP contribution in [0.1, 0.15) is 18.3 Å². The summed E-state index contributed by atoms with van der Waals surface area (Å²) in [5, 5.41) is 0.529. The second-order valence-corrected chi connectivity index (χ2v) is 8.14. The Hall–Kier alpha value is -3.51. The summed E-state index contributed by atoms with van der Waals surface area (Å²) in [6, 6.07) is 22.4. The van der Waals surface area contributed by atoms with E-state index >= 15 is 0 Å². The minimum atomic E-state index is -0.175. The number of benzene rings is 3. The third-order valence-corrected chi connectivity index (χ3v) is 5.97. The maximum Gasteiger partial charge on any atom is 0.266 e. The van der Waals surface area contributed by atoms with Crippen LogP contribution >= 0.6 is 15.9 Å². The first-order valence-corrected chi connectivity index (χ1v) is 10.8. The summed E-state index contributed by atoms with van der Waals surface area (Å²) in [6.45, 7) is 2.52. The van der Waals surface area contributed by atoms with Crippen molar-refractivity contribution in [2.75, 3.05) is 11.4 Å². The Bertz CT molecular complexity index is 1420. The van der Waals surface area contributed by atoms with Crippen molar-refractivity contribution in [3.63, 3.8) is 0 Å². The number of anilines is 1. The van der Waals surface area contributed by atoms with Gasteiger partial charge in [-0.25, -0.2) is 4.98 Å². The molecule has 0 unspecified atom stereocenters. The van der Waals surface area contributed by atoms with E-state index in [0.717, 1.165) is 15.7 Å². The van der Waals surface area contributed by atoms with Crippen LogP contribution in [-0.4, -0.2) is 22.0 Å². The largest absolute Gasteiger partial charge is 0.308 e. The molecule has 0 aliphatic carbocycles. The van der Waals surface area contributed by atoms with Crippen molar-refractivity contribution in [2.24, 2.45) is 0 Å². The molecule has 0 spiro atoms. The lowest BCUT2D eigenvalue weighted by Crippen LogP contribution is -2.26. The van der Waals surface area contributed by atoms with E-state index in [1.54, 1.807) is 21.6 Å². The smallest absolute Gasteiger partial charge is 0.266 e. The number of fused-ring (bicyclic) bond motifs is 2. The van der Waals surface area contributed by atoms with Gasteiger partial charge in [0, 0.05) is 16.6 Å². The van der Waals surface area contributed by atoms with Gasteiger partial charge in [-0.15, -0.1) is 0 Å². The second kappa shape index (κ2) is 7.63. The third kappa shape index (κ3) is 3.20. The molecule has 0 saturated heterocycles. The minimum absolute atomic E-state index is 0.0894. The molecule has 0 saturated carbocycles. The summed E-state index contributed by atoms with van der Waals surface area (Å²) >= 11 is 3.44. The van der Waals surface area contributed by atoms with Crippen LogP contribution in [0.2, 0.25) is 0 Å². The van der Waals surface area contributed by atoms with E-state index < -0.39 is 0 Å². The lowest BCUT2D eigenvalue weighted by molar-refractivity contribution is -0.112. The number of likely N-dealkylation sites (N-methyl/N-ethyl adjacent to an activating group) is 1. The van der Waals surface area contributed by atoms with E-state index in [-0.39, 0.29) is 11.5 Å². The van der Waals surface area contributed by atoms with Gasteiger partial charge in [0.25, 0.3) is 11.5 Å². The average Bonchev–Trinajstić information content (AvgIpc) is 3.06. The molecule has 31 heavy (non-hydrogen) atoms. The van der Waals surface area contributed by atoms with Crippen LogP contribution in [0.25, 0.3) is 28.2 Å². The van der Waals surface area contributed by atoms with E-state index in [1.165, 1.54) is 0 Å². The van der Waals surface area contributed by atoms with Gasteiger partial charge in [0.15, 0.2) is 0 Å². The quantitative estimate of drug-likeness (QED) is 0.392. The zero-order valence-electron chi connectivity index (χ0n) is 16.7. The Labute approximate surface area is 187 Å². The van der Waals surface area contributed by atoms with Crippen LogP contribution in [-0.2, 0) is 4.79 Å². The van der Waals surface area contributed by atoms with E-state index in [4.69, 9.17) is 4.98 Å². The summed E-state index contributed by atoms with van der Waals surface area (Å²) < 4.78 is 2.48. The number of carbonyl (C=O) groups is 1. The molecule has 5 rings (SSSR count). The fourth-order valence-electron chi connectivity index (χ4n) is 3.98. The first kappa shape index (κ1) is 19.5. The number of halogens is 1. The standard InChI is InChI=1S/C25H18BrN3O2/c1-2-28-22-10-6-4-7-18(22)20(24(28)30)15-23-27-21-9-5-3-8-19(21)25(31)29(23)17-13-11-16(26)12-14-17/h3-15H,2H2,1H3/b20-15+. The molecule has 0 N–H and O–H groups in total. The third-order valence-electron chi connectivity index (χ3n) is 5.44. The van der Waals surface area contributed by atoms with Gasteiger partial charge in [-0.3, -0.25) is 14.2 Å². The summed E-state index contributed by atoms with van der Waals surface area (Å²) in [7, 11) is 0. The number of nitrogens with zero attached hydrogens (tertiary/aromatic N) is 3. The van der Waals surface area contributed by atoms with Crippen molar-refractivity contribution >= 4 is 50.1 Å². The number of para-hydroxylation sites is 2. The fourth-order valence-corrected chi connectivity index (χ4v) is 4.24. The first-order chi connectivity index (χ1) is 15.1. The maximum absolute atomic E-state index is 13.4. The van der Waals surface area contributed by atoms with Crippen molar-refractivity contribution in [1.29, 1.82) is 0 Å². The van der Waals surface area contributed by atoms with Crippen LogP contribution in [0.15, 0.2) is 82.1 Å². The molecule has 0 atom stereocenters. The van der Waals surface area contributed by atoms with Gasteiger partial charge < -0.3 is 4.90 Å². The van der Waals surface area contributed by atoms with Gasteiger partial charge in [0.2, 0.25) is 0 Å². The molecule has 4 aromatic rings. The summed E-state index contributed by atoms with van der Waals surface area (Å²) in [5.74, 6) is 0.329. The van der Waals surface area contributed by atoms with Crippen molar-refractivity contribution in [2.45, 2.75) is 6.92 Å². The molecule has 3 aromatic carbocycles. The Morgan fingerprint density at radius 3 is 2.42 bits per heavy atom. The van der Waals surface area contributed by atoms with Crippen molar-refractivity contribution in [1.82, 2.24) is 9.55 Å². The Morgan fingerprint density at radius 1 is 0.935 bits per heavy atom. The zero-order valence-corrected chi connectivity index (χ0v) is 18.3. The van der Waals surface area contributed by atoms with Gasteiger partial charge in [-0.2, -0.15) is 0 Å². The van der Waals surface area contributed by atoms with Gasteiger partial charge in [0.05, 0.1) is 27.9 Å². The monoisotopic (exact) mass is 471 g/mol. The average molecular weight is 472 g/mol. The Morgan fingerprint density at radius 2 is 1.65 bits per heavy atom. The number of hydrogen-bond acceptors (Lipinski definition) is 3. The molecule has 1 amide bonds. The Balaban J connectivity index is 1.81. The molecule has 0 radical (unpaired) electrons. The first-order valence-electron chi connectivity index (χ1n) is 9.99. The SMILES string of the molecule is CCN1C(=O)/C(=C/c2nc3ccccc3c(=O)n2-c2ccc(Br)cc2)c2ccccc21. The Kier molecular flexibility index (Phi) is 4.79. The van der Waals surface area contributed by atoms with Crippen LogP contribution in [0.4, 0.5) is 5.69 Å². The van der Waals surface area contributed by atoms with E-state index in [9.17, 15) is 9.59 Å². The number of aromatic nitrogens is 2. The molecule has 5 nitrogen and oxygen atoms in total. The maximum atomic E-state index is 13.4. The highest BCUT2D eigenvalue weighted by atomic mass is 79.9. The number of rotatable bonds is 3. The fraction of sp³-hybridized carbons (Fsp3) is 0.0800. The summed E-state index contributed by atoms with van der Waals surface area (Å²) in [4.78, 5) is 33.1. The van der Waals surface area contributed by atoms with Gasteiger partial charge >= 0.3 is 0 Å². The predicted octanol–water partition coefficient (Wildman–Crippen LogP) is 5.06. The zero-order chi connectivity index (χ0) is 21.5. The molecule has 152 valence electrons. The molecule has 1 aliphatic heterocycles. The van der Waals surface area contributed by atoms with Crippen molar-refractivity contribution in [3.8, 4) is 5.69 Å². The topological polar surface area (TPSA) is 55.2 Å². The van der Waals surface area contributed by atoms with E-state index in [2.05, 4.69) is 15.9 Å². The minimum Gasteiger partial charge on any atom is -0.308 e. The van der Waals surface area contributed by atoms with Crippen molar-refractivity contribution < 1.29 is 4.79 Å². The number of hydrogen-bond donors (Lipinski definition) is 0. The molecular formula is C25H18BrN3O2. The second-order valence-electron chi connectivity index (χ2n) is 7.23. The highest BCUT2D eigenvalue weighted by Gasteiger charge is 2.31. The van der Waals surface area contributed by atoms with Crippen LogP contribution in [0.5, 0.6) is 0 Å². The summed E-state index contributed by atoms with van der Waals surface area (Å²) in [6.07, 6.45) is 1.73. The van der Waals surface area contributed by atoms with Crippen molar-refractivity contribution in [3.05, 3.63) is 99.0 Å². The molecule has 6 heteroatoms. The van der Waals surface area contributed by atoms with Crippen LogP contribution < -0.4 is 10.5 Å². The molecule has 0 bridgehead atoms. The molecule has 1 aliphatic rings. The lowest BCUT2D eigenvalue weighted by Gasteiger charge is -2.14. The van der Waals surface area contributed by atoms with Crippen LogP contribution in [0, 0.1) is 0 Å². The van der Waals surface area contributed by atoms with E-state index in [0.29, 0.717) is 34.5 Å². The van der Waals surface area contributed by atoms with Gasteiger partial charge in [-0.05, 0) is 55.5 Å². The van der Waals surface area contributed by atoms with Gasteiger partial charge in [-0.1, -0.05) is 46.3 Å². The molecule has 0 fully saturated rings. The molecular weight excluding hydrogens is 454 g/mol. The lowest BCUT2D eigenvalue weighted by atomic mass is 10.1. The highest BCUT2D eigenvalue weighted by molar-refractivity contribution is 9.10. The molecule has 1 aromatic heterocycles. The summed E-state index contributed by atoms with van der Waals surface area (Å²) in [5.41, 5.74) is 3.36. The molecule has 2 heterocycles. The predicted molar refractivity (Wildman–Crippen MR) is 127 cm³/mol. The highest BCUT2D eigenvalue weighted by Crippen LogP contribution is 2.37. The number of amides is 1. The van der Waals surface area contributed by atoms with Gasteiger partial charge in [0.1, 0.15) is 5.82 Å². The normalized spacial score (nSPS) is 14.5. The number of carbonyl (C=O) groups excluding carboxylic acids is 1. The van der Waals surface area contributed by atoms with Crippen LogP contribution in [0.3, 0.4) is 0 Å². The van der Waals surface area contributed by atoms with E-state index in [1.807, 2.05) is 73.7 Å².